The van der Waals surface area contributed by atoms with Gasteiger partial charge in [-0.2, -0.15) is 0 Å². The van der Waals surface area contributed by atoms with Crippen LogP contribution >= 0.6 is 0 Å². The van der Waals surface area contributed by atoms with Crippen LogP contribution in [0.4, 0.5) is 17.1 Å². The van der Waals surface area contributed by atoms with Crippen molar-refractivity contribution < 1.29 is 4.42 Å². The van der Waals surface area contributed by atoms with Crippen LogP contribution in [0.25, 0.3) is 88.3 Å². The summed E-state index contributed by atoms with van der Waals surface area (Å²) >= 11 is 0. The van der Waals surface area contributed by atoms with Gasteiger partial charge in [-0.3, -0.25) is 0 Å². The zero-order chi connectivity index (χ0) is 39.8. The summed E-state index contributed by atoms with van der Waals surface area (Å²) in [6, 6.07) is 85.0. The van der Waals surface area contributed by atoms with Crippen LogP contribution in [0.5, 0.6) is 0 Å². The lowest BCUT2D eigenvalue weighted by atomic mass is 9.89. The highest BCUT2D eigenvalue weighted by Crippen LogP contribution is 2.48. The van der Waals surface area contributed by atoms with E-state index in [0.29, 0.717) is 0 Å². The van der Waals surface area contributed by atoms with E-state index in [1.165, 1.54) is 38.6 Å². The molecular weight excluding hydrogens is 727 g/mol. The Bertz CT molecular complexity index is 3290. The first-order chi connectivity index (χ1) is 29.7. The molecule has 10 aromatic carbocycles. The molecule has 11 aromatic rings. The van der Waals surface area contributed by atoms with Crippen molar-refractivity contribution in [2.75, 3.05) is 4.90 Å². The molecule has 0 aliphatic heterocycles. The second-order valence-corrected chi connectivity index (χ2v) is 15.3. The molecule has 0 N–H and O–H groups in total. The van der Waals surface area contributed by atoms with E-state index in [-0.39, 0.29) is 0 Å². The number of benzene rings is 10. The Labute approximate surface area is 349 Å². The van der Waals surface area contributed by atoms with E-state index in [2.05, 4.69) is 235 Å². The normalized spacial score (nSPS) is 11.3. The molecule has 0 radical (unpaired) electrons. The second-order valence-electron chi connectivity index (χ2n) is 15.3. The summed E-state index contributed by atoms with van der Waals surface area (Å²) in [6.45, 7) is 0. The Balaban J connectivity index is 1.16. The maximum absolute atomic E-state index is 6.46. The van der Waals surface area contributed by atoms with Crippen molar-refractivity contribution in [3.05, 3.63) is 237 Å². The maximum Gasteiger partial charge on any atom is 0.136 e. The molecule has 0 spiro atoms. The largest absolute Gasteiger partial charge is 0.456 e. The van der Waals surface area contributed by atoms with Crippen molar-refractivity contribution in [3.8, 4) is 55.6 Å². The third-order valence-electron chi connectivity index (χ3n) is 11.7. The summed E-state index contributed by atoms with van der Waals surface area (Å²) in [7, 11) is 0. The number of rotatable bonds is 8. The fourth-order valence-corrected chi connectivity index (χ4v) is 8.77. The highest BCUT2D eigenvalue weighted by atomic mass is 16.3. The van der Waals surface area contributed by atoms with Gasteiger partial charge in [-0.05, 0) is 109 Å². The first-order valence-corrected chi connectivity index (χ1v) is 20.5. The lowest BCUT2D eigenvalue weighted by Crippen LogP contribution is -2.12. The van der Waals surface area contributed by atoms with Gasteiger partial charge in [0, 0.05) is 27.7 Å². The van der Waals surface area contributed by atoms with Gasteiger partial charge in [-0.1, -0.05) is 188 Å². The van der Waals surface area contributed by atoms with Gasteiger partial charge in [0.15, 0.2) is 0 Å². The van der Waals surface area contributed by atoms with Gasteiger partial charge >= 0.3 is 0 Å². The predicted octanol–water partition coefficient (Wildman–Crippen LogP) is 16.5. The Morgan fingerprint density at radius 3 is 1.60 bits per heavy atom. The summed E-state index contributed by atoms with van der Waals surface area (Å²) in [5.74, 6) is 0. The molecule has 0 bridgehead atoms. The molecule has 1 aromatic heterocycles. The van der Waals surface area contributed by atoms with E-state index in [9.17, 15) is 0 Å². The monoisotopic (exact) mass is 765 g/mol. The fraction of sp³-hybridized carbons (Fsp3) is 0. The third-order valence-corrected chi connectivity index (χ3v) is 11.7. The zero-order valence-electron chi connectivity index (χ0n) is 32.9. The van der Waals surface area contributed by atoms with Crippen LogP contribution in [0.15, 0.2) is 241 Å². The Morgan fingerprint density at radius 1 is 0.300 bits per heavy atom. The van der Waals surface area contributed by atoms with Gasteiger partial charge in [0.25, 0.3) is 0 Å². The number of hydrogen-bond donors (Lipinski definition) is 0. The molecular formula is C58H39NO. The first kappa shape index (κ1) is 35.2. The van der Waals surface area contributed by atoms with Crippen LogP contribution in [0.2, 0.25) is 0 Å². The minimum atomic E-state index is 0.876. The molecule has 11 rings (SSSR count). The summed E-state index contributed by atoms with van der Waals surface area (Å²) in [5, 5.41) is 4.68. The molecule has 0 fully saturated rings. The summed E-state index contributed by atoms with van der Waals surface area (Å²) in [5.41, 5.74) is 16.6. The lowest BCUT2D eigenvalue weighted by molar-refractivity contribution is 0.669. The van der Waals surface area contributed by atoms with E-state index >= 15 is 0 Å². The van der Waals surface area contributed by atoms with E-state index in [0.717, 1.165) is 66.8 Å². The van der Waals surface area contributed by atoms with Gasteiger partial charge in [0.1, 0.15) is 11.2 Å². The molecule has 0 aliphatic rings. The Morgan fingerprint density at radius 2 is 0.833 bits per heavy atom. The molecule has 1 heterocycles. The van der Waals surface area contributed by atoms with Crippen LogP contribution in [-0.4, -0.2) is 0 Å². The highest BCUT2D eigenvalue weighted by Gasteiger charge is 2.23. The van der Waals surface area contributed by atoms with E-state index in [1.807, 2.05) is 6.07 Å². The minimum Gasteiger partial charge on any atom is -0.456 e. The van der Waals surface area contributed by atoms with Gasteiger partial charge in [-0.25, -0.2) is 0 Å². The average molecular weight is 766 g/mol. The Kier molecular flexibility index (Phi) is 8.87. The summed E-state index contributed by atoms with van der Waals surface area (Å²) < 4.78 is 6.46. The molecule has 60 heavy (non-hydrogen) atoms. The van der Waals surface area contributed by atoms with Crippen molar-refractivity contribution in [1.82, 2.24) is 0 Å². The molecule has 0 atom stereocenters. The number of para-hydroxylation sites is 1. The standard InChI is InChI=1S/C58H39NO/c1-3-14-40(15-4-1)43-28-31-45(32-29-43)57-51(52-24-13-27-56-58(52)53-22-9-10-26-55(53)60-56)23-12-25-54(57)59(49-36-34-44(35-37-49)41-16-5-2-6-17-41)50-21-11-20-47(39-50)48-33-30-42-18-7-8-19-46(42)38-48/h1-39H. The van der Waals surface area contributed by atoms with E-state index < -0.39 is 0 Å². The summed E-state index contributed by atoms with van der Waals surface area (Å²) in [6.07, 6.45) is 0. The molecule has 0 unspecified atom stereocenters. The van der Waals surface area contributed by atoms with Crippen molar-refractivity contribution in [1.29, 1.82) is 0 Å². The van der Waals surface area contributed by atoms with Crippen molar-refractivity contribution in [3.63, 3.8) is 0 Å². The third kappa shape index (κ3) is 6.41. The topological polar surface area (TPSA) is 16.4 Å². The second kappa shape index (κ2) is 15.1. The van der Waals surface area contributed by atoms with Gasteiger partial charge < -0.3 is 9.32 Å². The smallest absolute Gasteiger partial charge is 0.136 e. The SMILES string of the molecule is c1ccc(-c2ccc(-c3c(-c4cccc5oc6ccccc6c45)cccc3N(c3ccc(-c4ccccc4)cc3)c3cccc(-c4ccc5ccccc5c4)c3)cc2)cc1. The highest BCUT2D eigenvalue weighted by molar-refractivity contribution is 6.14. The van der Waals surface area contributed by atoms with Gasteiger partial charge in [-0.15, -0.1) is 0 Å². The number of nitrogens with zero attached hydrogens (tertiary/aromatic N) is 1. The quantitative estimate of drug-likeness (QED) is 0.153. The van der Waals surface area contributed by atoms with Crippen LogP contribution in [-0.2, 0) is 0 Å². The molecule has 282 valence electrons. The molecule has 2 nitrogen and oxygen atoms in total. The molecule has 0 aliphatic carbocycles. The van der Waals surface area contributed by atoms with Crippen molar-refractivity contribution >= 4 is 49.8 Å². The molecule has 0 amide bonds. The first-order valence-electron chi connectivity index (χ1n) is 20.5. The minimum absolute atomic E-state index is 0.876. The summed E-state index contributed by atoms with van der Waals surface area (Å²) in [4.78, 5) is 2.43. The average Bonchev–Trinajstić information content (AvgIpc) is 3.72. The van der Waals surface area contributed by atoms with Crippen LogP contribution in [0.1, 0.15) is 0 Å². The van der Waals surface area contributed by atoms with Crippen molar-refractivity contribution in [2.45, 2.75) is 0 Å². The van der Waals surface area contributed by atoms with Gasteiger partial charge in [0.2, 0.25) is 0 Å². The lowest BCUT2D eigenvalue weighted by Gasteiger charge is -2.30. The number of hydrogen-bond acceptors (Lipinski definition) is 2. The zero-order valence-corrected chi connectivity index (χ0v) is 32.9. The Hall–Kier alpha value is -7.94. The number of fused-ring (bicyclic) bond motifs is 4. The maximum atomic E-state index is 6.46. The van der Waals surface area contributed by atoms with Crippen molar-refractivity contribution in [2.24, 2.45) is 0 Å². The fourth-order valence-electron chi connectivity index (χ4n) is 8.77. The van der Waals surface area contributed by atoms with Crippen LogP contribution < -0.4 is 4.90 Å². The van der Waals surface area contributed by atoms with E-state index in [4.69, 9.17) is 4.42 Å². The van der Waals surface area contributed by atoms with E-state index in [1.54, 1.807) is 0 Å². The molecule has 2 heteroatoms. The number of furan rings is 1. The van der Waals surface area contributed by atoms with Crippen LogP contribution in [0.3, 0.4) is 0 Å². The van der Waals surface area contributed by atoms with Gasteiger partial charge in [0.05, 0.1) is 5.69 Å². The molecule has 0 saturated carbocycles. The predicted molar refractivity (Wildman–Crippen MR) is 253 cm³/mol. The van der Waals surface area contributed by atoms with Crippen LogP contribution in [0, 0.1) is 0 Å². The number of anilines is 3. The molecule has 0 saturated heterocycles.